The van der Waals surface area contributed by atoms with Gasteiger partial charge < -0.3 is 10.2 Å². The van der Waals surface area contributed by atoms with Gasteiger partial charge in [-0.15, -0.1) is 0 Å². The number of hydrogen-bond donors (Lipinski definition) is 1. The minimum Gasteiger partial charge on any atom is -0.355 e. The molecule has 25 heavy (non-hydrogen) atoms. The van der Waals surface area contributed by atoms with Gasteiger partial charge in [0.15, 0.2) is 0 Å². The fourth-order valence-corrected chi connectivity index (χ4v) is 5.26. The zero-order valence-electron chi connectivity index (χ0n) is 13.8. The van der Waals surface area contributed by atoms with Crippen molar-refractivity contribution in [2.24, 2.45) is 0 Å². The normalized spacial score (nSPS) is 17.0. The third-order valence-corrected chi connectivity index (χ3v) is 6.98. The Labute approximate surface area is 151 Å². The Morgan fingerprint density at radius 1 is 1.24 bits per heavy atom. The second-order valence-electron chi connectivity index (χ2n) is 5.97. The number of anilines is 1. The van der Waals surface area contributed by atoms with Crippen molar-refractivity contribution in [3.63, 3.8) is 0 Å². The Morgan fingerprint density at radius 2 is 2.04 bits per heavy atom. The van der Waals surface area contributed by atoms with E-state index in [0.29, 0.717) is 26.1 Å². The molecule has 1 aromatic rings. The monoisotopic (exact) mass is 383 g/mol. The van der Waals surface area contributed by atoms with Crippen LogP contribution in [0.5, 0.6) is 0 Å². The topological polar surface area (TPSA) is 86.8 Å². The van der Waals surface area contributed by atoms with Crippen LogP contribution in [0.4, 0.5) is 10.5 Å². The van der Waals surface area contributed by atoms with Gasteiger partial charge in [0.2, 0.25) is 15.9 Å². The van der Waals surface area contributed by atoms with Gasteiger partial charge in [0.05, 0.1) is 11.4 Å². The van der Waals surface area contributed by atoms with E-state index in [9.17, 15) is 18.0 Å². The maximum Gasteiger partial charge on any atom is 0.281 e. The van der Waals surface area contributed by atoms with Crippen LogP contribution in [0.3, 0.4) is 0 Å². The fraction of sp³-hybridized carbons (Fsp3) is 0.500. The van der Waals surface area contributed by atoms with Gasteiger partial charge in [0.1, 0.15) is 0 Å². The highest BCUT2D eigenvalue weighted by Crippen LogP contribution is 2.29. The van der Waals surface area contributed by atoms with Crippen molar-refractivity contribution >= 4 is 38.6 Å². The number of carbonyl (C=O) groups is 2. The Kier molecular flexibility index (Phi) is 5.53. The SMILES string of the molecule is O=C(CCN1CCSC1=O)NCCS(=O)(=O)N1CCc2ccccc21. The van der Waals surface area contributed by atoms with E-state index in [0.717, 1.165) is 17.0 Å². The molecule has 0 spiro atoms. The van der Waals surface area contributed by atoms with Gasteiger partial charge in [-0.1, -0.05) is 30.0 Å². The molecule has 0 aliphatic carbocycles. The van der Waals surface area contributed by atoms with Crippen molar-refractivity contribution in [2.45, 2.75) is 12.8 Å². The summed E-state index contributed by atoms with van der Waals surface area (Å²) in [5.41, 5.74) is 1.77. The maximum absolute atomic E-state index is 12.5. The summed E-state index contributed by atoms with van der Waals surface area (Å²) >= 11 is 1.26. The molecule has 2 amide bonds. The van der Waals surface area contributed by atoms with E-state index < -0.39 is 10.0 Å². The van der Waals surface area contributed by atoms with Crippen LogP contribution in [-0.2, 0) is 21.2 Å². The zero-order valence-corrected chi connectivity index (χ0v) is 15.4. The number of amides is 2. The zero-order chi connectivity index (χ0) is 17.9. The molecule has 2 heterocycles. The molecule has 2 aliphatic heterocycles. The van der Waals surface area contributed by atoms with Crippen molar-refractivity contribution in [2.75, 3.05) is 42.0 Å². The standard InChI is InChI=1S/C16H21N3O4S2/c20-15(6-8-18-10-11-24-16(18)21)17-7-12-25(22,23)19-9-5-13-3-1-2-4-14(13)19/h1-4H,5-12H2,(H,17,20). The second-order valence-corrected chi connectivity index (χ2v) is 9.03. The highest BCUT2D eigenvalue weighted by Gasteiger charge is 2.28. The van der Waals surface area contributed by atoms with Crippen molar-refractivity contribution in [3.05, 3.63) is 29.8 Å². The van der Waals surface area contributed by atoms with Crippen LogP contribution >= 0.6 is 11.8 Å². The lowest BCUT2D eigenvalue weighted by molar-refractivity contribution is -0.121. The smallest absolute Gasteiger partial charge is 0.281 e. The van der Waals surface area contributed by atoms with E-state index in [-0.39, 0.29) is 29.9 Å². The quantitative estimate of drug-likeness (QED) is 0.761. The highest BCUT2D eigenvalue weighted by molar-refractivity contribution is 8.13. The molecule has 9 heteroatoms. The lowest BCUT2D eigenvalue weighted by atomic mass is 10.2. The van der Waals surface area contributed by atoms with E-state index in [1.807, 2.05) is 24.3 Å². The van der Waals surface area contributed by atoms with Gasteiger partial charge >= 0.3 is 0 Å². The number of para-hydroxylation sites is 1. The van der Waals surface area contributed by atoms with Gasteiger partial charge in [0, 0.05) is 38.4 Å². The van der Waals surface area contributed by atoms with Crippen molar-refractivity contribution in [3.8, 4) is 0 Å². The number of rotatable bonds is 7. The number of sulfonamides is 1. The molecule has 2 aliphatic rings. The molecule has 3 rings (SSSR count). The molecule has 1 fully saturated rings. The largest absolute Gasteiger partial charge is 0.355 e. The van der Waals surface area contributed by atoms with Crippen molar-refractivity contribution in [1.29, 1.82) is 0 Å². The lowest BCUT2D eigenvalue weighted by Gasteiger charge is -2.19. The van der Waals surface area contributed by atoms with Gasteiger partial charge in [0.25, 0.3) is 5.24 Å². The summed E-state index contributed by atoms with van der Waals surface area (Å²) in [4.78, 5) is 24.9. The van der Waals surface area contributed by atoms with E-state index in [1.165, 1.54) is 16.1 Å². The van der Waals surface area contributed by atoms with Crippen LogP contribution in [0, 0.1) is 0 Å². The fourth-order valence-electron chi connectivity index (χ4n) is 2.98. The Hall–Kier alpha value is -1.74. The molecular weight excluding hydrogens is 362 g/mol. The first-order valence-corrected chi connectivity index (χ1v) is 10.8. The molecule has 0 unspecified atom stereocenters. The third-order valence-electron chi connectivity index (χ3n) is 4.32. The molecule has 1 aromatic carbocycles. The average Bonchev–Trinajstić information content (AvgIpc) is 3.19. The summed E-state index contributed by atoms with van der Waals surface area (Å²) in [5, 5.41) is 2.64. The van der Waals surface area contributed by atoms with Crippen LogP contribution in [0.25, 0.3) is 0 Å². The number of benzene rings is 1. The van der Waals surface area contributed by atoms with Crippen molar-refractivity contribution < 1.29 is 18.0 Å². The molecular formula is C16H21N3O4S2. The Balaban J connectivity index is 1.45. The first-order chi connectivity index (χ1) is 12.0. The van der Waals surface area contributed by atoms with Gasteiger partial charge in [-0.25, -0.2) is 8.42 Å². The molecule has 0 aromatic heterocycles. The number of fused-ring (bicyclic) bond motifs is 1. The molecule has 0 radical (unpaired) electrons. The molecule has 0 saturated carbocycles. The molecule has 136 valence electrons. The summed E-state index contributed by atoms with van der Waals surface area (Å²) in [5.74, 6) is 0.392. The maximum atomic E-state index is 12.5. The Morgan fingerprint density at radius 3 is 2.80 bits per heavy atom. The van der Waals surface area contributed by atoms with E-state index in [2.05, 4.69) is 5.32 Å². The third kappa shape index (κ3) is 4.27. The molecule has 1 saturated heterocycles. The lowest BCUT2D eigenvalue weighted by Crippen LogP contribution is -2.37. The molecule has 7 nitrogen and oxygen atoms in total. The first-order valence-electron chi connectivity index (χ1n) is 8.24. The second kappa shape index (κ2) is 7.65. The predicted octanol–water partition coefficient (Wildman–Crippen LogP) is 1.05. The van der Waals surface area contributed by atoms with Gasteiger partial charge in [-0.3, -0.25) is 13.9 Å². The van der Waals surface area contributed by atoms with Crippen LogP contribution < -0.4 is 9.62 Å². The van der Waals surface area contributed by atoms with Crippen LogP contribution in [0.1, 0.15) is 12.0 Å². The first kappa shape index (κ1) is 18.1. The highest BCUT2D eigenvalue weighted by atomic mass is 32.2. The van der Waals surface area contributed by atoms with E-state index in [1.54, 1.807) is 4.90 Å². The minimum absolute atomic E-state index is 0.00285. The summed E-state index contributed by atoms with van der Waals surface area (Å²) in [6.45, 7) is 1.57. The van der Waals surface area contributed by atoms with Crippen LogP contribution in [0.15, 0.2) is 24.3 Å². The summed E-state index contributed by atoms with van der Waals surface area (Å²) in [6.07, 6.45) is 0.905. The average molecular weight is 383 g/mol. The Bertz CT molecular complexity index is 766. The van der Waals surface area contributed by atoms with Gasteiger partial charge in [-0.2, -0.15) is 0 Å². The minimum atomic E-state index is -3.46. The van der Waals surface area contributed by atoms with Gasteiger partial charge in [-0.05, 0) is 18.1 Å². The van der Waals surface area contributed by atoms with E-state index >= 15 is 0 Å². The summed E-state index contributed by atoms with van der Waals surface area (Å²) in [7, 11) is -3.46. The predicted molar refractivity (Wildman–Crippen MR) is 98.3 cm³/mol. The summed E-state index contributed by atoms with van der Waals surface area (Å²) in [6, 6.07) is 7.47. The number of nitrogens with zero attached hydrogens (tertiary/aromatic N) is 2. The number of nitrogens with one attached hydrogen (secondary N) is 1. The van der Waals surface area contributed by atoms with E-state index in [4.69, 9.17) is 0 Å². The molecule has 1 N–H and O–H groups in total. The molecule has 0 atom stereocenters. The number of thioether (sulfide) groups is 1. The summed E-state index contributed by atoms with van der Waals surface area (Å²) < 4.78 is 26.4. The number of hydrogen-bond acceptors (Lipinski definition) is 5. The number of carbonyl (C=O) groups excluding carboxylic acids is 2. The van der Waals surface area contributed by atoms with Crippen molar-refractivity contribution in [1.82, 2.24) is 10.2 Å². The van der Waals surface area contributed by atoms with Crippen LogP contribution in [-0.4, -0.2) is 62.1 Å². The molecule has 0 bridgehead atoms. The van der Waals surface area contributed by atoms with Crippen LogP contribution in [0.2, 0.25) is 0 Å².